The summed E-state index contributed by atoms with van der Waals surface area (Å²) in [6.45, 7) is 4.03. The number of benzene rings is 5. The molecule has 0 spiro atoms. The second-order valence-electron chi connectivity index (χ2n) is 11.1. The van der Waals surface area contributed by atoms with Crippen molar-refractivity contribution in [1.29, 1.82) is 0 Å². The van der Waals surface area contributed by atoms with Gasteiger partial charge in [0.05, 0.1) is 17.1 Å². The van der Waals surface area contributed by atoms with Gasteiger partial charge >= 0.3 is 7.40 Å². The van der Waals surface area contributed by atoms with Crippen LogP contribution in [0.4, 0.5) is 8.63 Å². The fourth-order valence-corrected chi connectivity index (χ4v) is 6.03. The lowest BCUT2D eigenvalue weighted by atomic mass is 9.91. The van der Waals surface area contributed by atoms with E-state index in [4.69, 9.17) is 4.99 Å². The van der Waals surface area contributed by atoms with E-state index in [9.17, 15) is 0 Å². The molecule has 2 heterocycles. The highest BCUT2D eigenvalue weighted by Gasteiger charge is 2.33. The minimum atomic E-state index is -2.79. The van der Waals surface area contributed by atoms with Crippen LogP contribution in [-0.4, -0.2) is 17.6 Å². The number of hydrogen-bond donors (Lipinski definition) is 0. The van der Waals surface area contributed by atoms with Crippen LogP contribution in [0.15, 0.2) is 150 Å². The van der Waals surface area contributed by atoms with Crippen LogP contribution in [0.25, 0.3) is 33.2 Å². The number of hydrogen-bond acceptors (Lipinski definition) is 1. The Morgan fingerprint density at radius 3 is 1.75 bits per heavy atom. The molecule has 0 aliphatic carbocycles. The molecule has 0 amide bonds. The van der Waals surface area contributed by atoms with E-state index in [2.05, 4.69) is 6.08 Å². The molecule has 5 aromatic carbocycles. The number of aliphatic imine (C=N–C) groups is 1. The maximum atomic E-state index is 15.6. The van der Waals surface area contributed by atoms with Gasteiger partial charge in [-0.25, -0.2) is 4.99 Å². The summed E-state index contributed by atoms with van der Waals surface area (Å²) < 4.78 is 32.3. The molecule has 0 saturated heterocycles. The molecule has 44 heavy (non-hydrogen) atoms. The van der Waals surface area contributed by atoms with Crippen molar-refractivity contribution < 1.29 is 8.63 Å². The molecule has 0 unspecified atom stereocenters. The fraction of sp³-hybridized carbons (Fsp3) is 0.0513. The summed E-state index contributed by atoms with van der Waals surface area (Å²) >= 11 is 0. The van der Waals surface area contributed by atoms with Crippen molar-refractivity contribution in [2.75, 3.05) is 0 Å². The molecule has 0 N–H and O–H groups in total. The van der Waals surface area contributed by atoms with Crippen LogP contribution in [0.2, 0.25) is 0 Å². The maximum absolute atomic E-state index is 15.6. The molecule has 5 heteroatoms. The van der Waals surface area contributed by atoms with E-state index < -0.39 is 7.40 Å². The highest BCUT2D eigenvalue weighted by Crippen LogP contribution is 2.45. The van der Waals surface area contributed by atoms with Gasteiger partial charge in [-0.05, 0) is 36.6 Å². The monoisotopic (exact) mass is 574 g/mol. The predicted molar refractivity (Wildman–Crippen MR) is 180 cm³/mol. The van der Waals surface area contributed by atoms with Gasteiger partial charge in [0, 0.05) is 33.2 Å². The average molecular weight is 574 g/mol. The molecule has 0 saturated carbocycles. The highest BCUT2D eigenvalue weighted by atomic mass is 19.2. The normalized spacial score (nSPS) is 14.0. The minimum absolute atomic E-state index is 0.449. The molecule has 6 aromatic rings. The molecule has 1 aliphatic heterocycles. The van der Waals surface area contributed by atoms with E-state index in [1.807, 2.05) is 147 Å². The van der Waals surface area contributed by atoms with Crippen LogP contribution in [-0.2, 0) is 0 Å². The SMILES string of the molecule is Cc1ccc(/C(=C2/N=C(c3ccccc3)C=C2c2ccccc2)c2c3ccccc3c(-c3ccc(C)cc3)n2B(F)F)cc1. The number of nitrogens with zero attached hydrogens (tertiary/aromatic N) is 2. The van der Waals surface area contributed by atoms with Gasteiger partial charge in [-0.3, -0.25) is 8.63 Å². The summed E-state index contributed by atoms with van der Waals surface area (Å²) in [5, 5.41) is 1.52. The quantitative estimate of drug-likeness (QED) is 0.176. The summed E-state index contributed by atoms with van der Waals surface area (Å²) in [4.78, 5) is 5.24. The minimum Gasteiger partial charge on any atom is -0.324 e. The summed E-state index contributed by atoms with van der Waals surface area (Å²) in [5.41, 5.74) is 9.63. The van der Waals surface area contributed by atoms with Gasteiger partial charge in [-0.15, -0.1) is 0 Å². The Hall–Kier alpha value is -5.29. The van der Waals surface area contributed by atoms with E-state index in [1.54, 1.807) is 0 Å². The Morgan fingerprint density at radius 2 is 1.14 bits per heavy atom. The van der Waals surface area contributed by atoms with Gasteiger partial charge in [0.1, 0.15) is 0 Å². The van der Waals surface area contributed by atoms with Gasteiger partial charge in [0.25, 0.3) is 0 Å². The number of aryl methyl sites for hydroxylation is 2. The van der Waals surface area contributed by atoms with E-state index >= 15 is 8.63 Å². The molecule has 0 fully saturated rings. The van der Waals surface area contributed by atoms with Crippen LogP contribution < -0.4 is 0 Å². The standard InChI is InChI=1S/C39H29BF2N2/c1-26-17-21-30(22-18-26)36(37-34(28-11-5-3-6-12-28)25-35(43-37)29-13-7-4-8-14-29)39-33-16-10-9-15-32(33)38(44(39)40(41)42)31-23-19-27(2)20-24-31/h3-25H,1-2H3/b37-36-. The second-order valence-corrected chi connectivity index (χ2v) is 11.1. The smallest absolute Gasteiger partial charge is 0.324 e. The molecule has 2 nitrogen and oxygen atoms in total. The predicted octanol–water partition coefficient (Wildman–Crippen LogP) is 10.0. The first-order chi connectivity index (χ1) is 21.5. The first kappa shape index (κ1) is 27.5. The maximum Gasteiger partial charge on any atom is 0.678 e. The number of aromatic nitrogens is 1. The highest BCUT2D eigenvalue weighted by molar-refractivity contribution is 6.43. The molecule has 0 bridgehead atoms. The van der Waals surface area contributed by atoms with Gasteiger partial charge < -0.3 is 4.48 Å². The third-order valence-corrected chi connectivity index (χ3v) is 8.18. The molecule has 7 rings (SSSR count). The van der Waals surface area contributed by atoms with Crippen LogP contribution in [0.5, 0.6) is 0 Å². The van der Waals surface area contributed by atoms with Crippen molar-refractivity contribution >= 4 is 35.0 Å². The lowest BCUT2D eigenvalue weighted by molar-refractivity contribution is 0.630. The van der Waals surface area contributed by atoms with Crippen LogP contribution in [0, 0.1) is 13.8 Å². The number of rotatable bonds is 6. The summed E-state index contributed by atoms with van der Waals surface area (Å²) in [7, 11) is -2.79. The van der Waals surface area contributed by atoms with Crippen LogP contribution >= 0.6 is 0 Å². The van der Waals surface area contributed by atoms with Gasteiger partial charge in [0.15, 0.2) is 0 Å². The van der Waals surface area contributed by atoms with Crippen LogP contribution in [0.3, 0.4) is 0 Å². The Balaban J connectivity index is 1.63. The third-order valence-electron chi connectivity index (χ3n) is 8.18. The van der Waals surface area contributed by atoms with Crippen molar-refractivity contribution in [2.45, 2.75) is 13.8 Å². The third kappa shape index (κ3) is 4.90. The van der Waals surface area contributed by atoms with Gasteiger partial charge in [-0.1, -0.05) is 145 Å². The Morgan fingerprint density at radius 1 is 0.591 bits per heavy atom. The van der Waals surface area contributed by atoms with E-state index in [0.717, 1.165) is 55.4 Å². The number of fused-ring (bicyclic) bond motifs is 1. The lowest BCUT2D eigenvalue weighted by Crippen LogP contribution is -2.18. The first-order valence-electron chi connectivity index (χ1n) is 14.7. The van der Waals surface area contributed by atoms with Crippen molar-refractivity contribution in [3.05, 3.63) is 179 Å². The van der Waals surface area contributed by atoms with Crippen molar-refractivity contribution in [1.82, 2.24) is 4.48 Å². The van der Waals surface area contributed by atoms with Crippen molar-refractivity contribution in [3.63, 3.8) is 0 Å². The first-order valence-corrected chi connectivity index (χ1v) is 14.7. The molecule has 0 atom stereocenters. The topological polar surface area (TPSA) is 17.3 Å². The Bertz CT molecular complexity index is 2070. The molecule has 1 aromatic heterocycles. The number of halogens is 2. The van der Waals surface area contributed by atoms with Gasteiger partial charge in [-0.2, -0.15) is 0 Å². The Labute approximate surface area is 256 Å². The average Bonchev–Trinajstić information content (AvgIpc) is 3.64. The van der Waals surface area contributed by atoms with Gasteiger partial charge in [0.2, 0.25) is 0 Å². The summed E-state index contributed by atoms with van der Waals surface area (Å²) in [6, 6.07) is 43.6. The van der Waals surface area contributed by atoms with Crippen LogP contribution in [0.1, 0.15) is 33.5 Å². The number of allylic oxidation sites excluding steroid dienone is 2. The Kier molecular flexibility index (Phi) is 7.15. The zero-order valence-corrected chi connectivity index (χ0v) is 24.5. The molecular weight excluding hydrogens is 545 g/mol. The molecule has 212 valence electrons. The zero-order chi connectivity index (χ0) is 30.2. The van der Waals surface area contributed by atoms with Crippen molar-refractivity contribution in [2.24, 2.45) is 4.99 Å². The molecular formula is C39H29BF2N2. The van der Waals surface area contributed by atoms with E-state index in [0.29, 0.717) is 22.7 Å². The fourth-order valence-electron chi connectivity index (χ4n) is 6.03. The summed E-state index contributed by atoms with van der Waals surface area (Å²) in [5.74, 6) is 0. The van der Waals surface area contributed by atoms with Crippen molar-refractivity contribution in [3.8, 4) is 11.3 Å². The molecule has 0 radical (unpaired) electrons. The van der Waals surface area contributed by atoms with E-state index in [1.165, 1.54) is 4.48 Å². The zero-order valence-electron chi connectivity index (χ0n) is 24.5. The van der Waals surface area contributed by atoms with E-state index in [-0.39, 0.29) is 0 Å². The summed E-state index contributed by atoms with van der Waals surface area (Å²) in [6.07, 6.45) is 2.08. The lowest BCUT2D eigenvalue weighted by Gasteiger charge is -2.18. The largest absolute Gasteiger partial charge is 0.678 e. The molecule has 1 aliphatic rings. The second kappa shape index (κ2) is 11.4.